The van der Waals surface area contributed by atoms with Crippen LogP contribution in [-0.2, 0) is 0 Å². The molecule has 0 amide bonds. The SMILES string of the molecule is O=Cc1c(Cl)cc(-c2ccc(O)c(F)c2)cc1Cl. The number of aldehydes is 1. The molecule has 0 heterocycles. The third kappa shape index (κ3) is 2.33. The van der Waals surface area contributed by atoms with Crippen LogP contribution in [0.3, 0.4) is 0 Å². The normalized spacial score (nSPS) is 10.4. The van der Waals surface area contributed by atoms with E-state index in [1.165, 1.54) is 24.3 Å². The summed E-state index contributed by atoms with van der Waals surface area (Å²) in [6, 6.07) is 6.96. The van der Waals surface area contributed by atoms with Gasteiger partial charge < -0.3 is 5.11 Å². The molecule has 2 rings (SSSR count). The molecule has 0 aromatic heterocycles. The van der Waals surface area contributed by atoms with Gasteiger partial charge in [-0.25, -0.2) is 4.39 Å². The Bertz CT molecular complexity index is 603. The predicted molar refractivity (Wildman–Crippen MR) is 68.9 cm³/mol. The van der Waals surface area contributed by atoms with E-state index in [0.29, 0.717) is 17.4 Å². The molecule has 18 heavy (non-hydrogen) atoms. The zero-order valence-electron chi connectivity index (χ0n) is 8.95. The van der Waals surface area contributed by atoms with Crippen molar-refractivity contribution in [2.45, 2.75) is 0 Å². The van der Waals surface area contributed by atoms with Gasteiger partial charge in [-0.15, -0.1) is 0 Å². The summed E-state index contributed by atoms with van der Waals surface area (Å²) >= 11 is 11.8. The average Bonchev–Trinajstić information content (AvgIpc) is 2.32. The second-order valence-electron chi connectivity index (χ2n) is 3.64. The van der Waals surface area contributed by atoms with Crippen molar-refractivity contribution >= 4 is 29.5 Å². The lowest BCUT2D eigenvalue weighted by atomic mass is 10.0. The Morgan fingerprint density at radius 1 is 1.06 bits per heavy atom. The maximum absolute atomic E-state index is 13.2. The minimum Gasteiger partial charge on any atom is -0.505 e. The van der Waals surface area contributed by atoms with Crippen molar-refractivity contribution in [1.29, 1.82) is 0 Å². The maximum atomic E-state index is 13.2. The van der Waals surface area contributed by atoms with Crippen molar-refractivity contribution in [3.8, 4) is 16.9 Å². The Hall–Kier alpha value is -1.58. The highest BCUT2D eigenvalue weighted by atomic mass is 35.5. The first kappa shape index (κ1) is 12.9. The molecule has 1 N–H and O–H groups in total. The number of hydrogen-bond donors (Lipinski definition) is 1. The van der Waals surface area contributed by atoms with E-state index in [1.54, 1.807) is 0 Å². The Balaban J connectivity index is 2.58. The molecule has 2 aromatic carbocycles. The zero-order valence-corrected chi connectivity index (χ0v) is 10.5. The lowest BCUT2D eigenvalue weighted by Gasteiger charge is -2.07. The number of benzene rings is 2. The first-order valence-corrected chi connectivity index (χ1v) is 5.71. The summed E-state index contributed by atoms with van der Waals surface area (Å²) in [5.74, 6) is -1.17. The molecule has 0 unspecified atom stereocenters. The van der Waals surface area contributed by atoms with Crippen molar-refractivity contribution in [2.75, 3.05) is 0 Å². The summed E-state index contributed by atoms with van der Waals surface area (Å²) in [5.41, 5.74) is 1.27. The summed E-state index contributed by atoms with van der Waals surface area (Å²) in [4.78, 5) is 10.7. The van der Waals surface area contributed by atoms with Crippen LogP contribution in [0.25, 0.3) is 11.1 Å². The van der Waals surface area contributed by atoms with E-state index < -0.39 is 11.6 Å². The number of halogens is 3. The average molecular weight is 285 g/mol. The molecule has 2 aromatic rings. The highest BCUT2D eigenvalue weighted by Gasteiger charge is 2.10. The molecule has 0 aliphatic rings. The Kier molecular flexibility index (Phi) is 3.55. The summed E-state index contributed by atoms with van der Waals surface area (Å²) in [6.07, 6.45) is 0.561. The van der Waals surface area contributed by atoms with Crippen LogP contribution in [0.15, 0.2) is 30.3 Å². The lowest BCUT2D eigenvalue weighted by molar-refractivity contribution is 0.112. The standard InChI is InChI=1S/C13H7Cl2FO2/c14-10-3-8(4-11(15)9(10)6-17)7-1-2-13(18)12(16)5-7/h1-6,18H. The molecule has 0 saturated carbocycles. The molecule has 0 spiro atoms. The van der Waals surface area contributed by atoms with Gasteiger partial charge in [0.05, 0.1) is 15.6 Å². The second kappa shape index (κ2) is 4.96. The molecule has 0 aliphatic carbocycles. The van der Waals surface area contributed by atoms with Gasteiger partial charge in [0.1, 0.15) is 0 Å². The lowest BCUT2D eigenvalue weighted by Crippen LogP contribution is -1.87. The Labute approximate surface area is 113 Å². The van der Waals surface area contributed by atoms with Crippen LogP contribution in [0.2, 0.25) is 10.0 Å². The van der Waals surface area contributed by atoms with Crippen LogP contribution >= 0.6 is 23.2 Å². The third-order valence-corrected chi connectivity index (χ3v) is 3.10. The van der Waals surface area contributed by atoms with Crippen molar-refractivity contribution < 1.29 is 14.3 Å². The van der Waals surface area contributed by atoms with Gasteiger partial charge in [0.2, 0.25) is 0 Å². The van der Waals surface area contributed by atoms with E-state index >= 15 is 0 Å². The van der Waals surface area contributed by atoms with Crippen molar-refractivity contribution in [3.63, 3.8) is 0 Å². The molecular formula is C13H7Cl2FO2. The van der Waals surface area contributed by atoms with Gasteiger partial charge in [-0.2, -0.15) is 0 Å². The van der Waals surface area contributed by atoms with Gasteiger partial charge in [0, 0.05) is 0 Å². The smallest absolute Gasteiger partial charge is 0.165 e. The fourth-order valence-corrected chi connectivity index (χ4v) is 2.13. The van der Waals surface area contributed by atoms with E-state index in [-0.39, 0.29) is 15.6 Å². The second-order valence-corrected chi connectivity index (χ2v) is 4.45. The highest BCUT2D eigenvalue weighted by molar-refractivity contribution is 6.38. The molecule has 2 nitrogen and oxygen atoms in total. The van der Waals surface area contributed by atoms with E-state index in [4.69, 9.17) is 28.3 Å². The third-order valence-electron chi connectivity index (χ3n) is 2.48. The Morgan fingerprint density at radius 3 is 2.17 bits per heavy atom. The van der Waals surface area contributed by atoms with Crippen molar-refractivity contribution in [2.24, 2.45) is 0 Å². The number of hydrogen-bond acceptors (Lipinski definition) is 2. The molecule has 0 saturated heterocycles. The highest BCUT2D eigenvalue weighted by Crippen LogP contribution is 2.32. The van der Waals surface area contributed by atoms with Crippen molar-refractivity contribution in [3.05, 3.63) is 51.8 Å². The van der Waals surface area contributed by atoms with Crippen LogP contribution in [0.1, 0.15) is 10.4 Å². The fraction of sp³-hybridized carbons (Fsp3) is 0. The first-order chi connectivity index (χ1) is 8.52. The number of carbonyl (C=O) groups is 1. The van der Waals surface area contributed by atoms with Gasteiger partial charge >= 0.3 is 0 Å². The molecule has 0 fully saturated rings. The van der Waals surface area contributed by atoms with E-state index in [1.807, 2.05) is 0 Å². The van der Waals surface area contributed by atoms with Crippen LogP contribution < -0.4 is 0 Å². The summed E-state index contributed by atoms with van der Waals surface area (Å²) in [7, 11) is 0. The molecule has 0 aliphatic heterocycles. The van der Waals surface area contributed by atoms with Gasteiger partial charge in [0.25, 0.3) is 0 Å². The van der Waals surface area contributed by atoms with Crippen LogP contribution in [0.5, 0.6) is 5.75 Å². The summed E-state index contributed by atoms with van der Waals surface area (Å²) < 4.78 is 13.2. The summed E-state index contributed by atoms with van der Waals surface area (Å²) in [5, 5.41) is 9.50. The Morgan fingerprint density at radius 2 is 1.67 bits per heavy atom. The minimum atomic E-state index is -0.737. The predicted octanol–water partition coefficient (Wildman–Crippen LogP) is 4.32. The van der Waals surface area contributed by atoms with E-state index in [0.717, 1.165) is 6.07 Å². The van der Waals surface area contributed by atoms with Gasteiger partial charge in [-0.05, 0) is 35.4 Å². The quantitative estimate of drug-likeness (QED) is 0.834. The monoisotopic (exact) mass is 284 g/mol. The number of phenolic OH excluding ortho intramolecular Hbond substituents is 1. The van der Waals surface area contributed by atoms with Gasteiger partial charge in [-0.3, -0.25) is 4.79 Å². The largest absolute Gasteiger partial charge is 0.505 e. The van der Waals surface area contributed by atoms with Crippen LogP contribution in [0.4, 0.5) is 4.39 Å². The molecule has 0 radical (unpaired) electrons. The molecule has 92 valence electrons. The van der Waals surface area contributed by atoms with Gasteiger partial charge in [0.15, 0.2) is 17.9 Å². The fourth-order valence-electron chi connectivity index (χ4n) is 1.55. The number of carbonyl (C=O) groups excluding carboxylic acids is 1. The van der Waals surface area contributed by atoms with Crippen LogP contribution in [-0.4, -0.2) is 11.4 Å². The topological polar surface area (TPSA) is 37.3 Å². The first-order valence-electron chi connectivity index (χ1n) is 4.96. The maximum Gasteiger partial charge on any atom is 0.165 e. The molecule has 0 atom stereocenters. The molecular weight excluding hydrogens is 278 g/mol. The zero-order chi connectivity index (χ0) is 13.3. The van der Waals surface area contributed by atoms with Crippen molar-refractivity contribution in [1.82, 2.24) is 0 Å². The summed E-state index contributed by atoms with van der Waals surface area (Å²) in [6.45, 7) is 0. The number of rotatable bonds is 2. The van der Waals surface area contributed by atoms with Crippen LogP contribution in [0, 0.1) is 5.82 Å². The number of aromatic hydroxyl groups is 1. The van der Waals surface area contributed by atoms with Gasteiger partial charge in [-0.1, -0.05) is 29.3 Å². The molecule has 5 heteroatoms. The van der Waals surface area contributed by atoms with E-state index in [9.17, 15) is 9.18 Å². The van der Waals surface area contributed by atoms with E-state index in [2.05, 4.69) is 0 Å². The minimum absolute atomic E-state index is 0.195. The number of phenols is 1. The molecule has 0 bridgehead atoms.